The van der Waals surface area contributed by atoms with E-state index in [4.69, 9.17) is 23.2 Å². The molecule has 3 aromatic rings. The summed E-state index contributed by atoms with van der Waals surface area (Å²) in [5.41, 5.74) is 1.16. The third-order valence-corrected chi connectivity index (χ3v) is 12.9. The molecule has 2 fully saturated rings. The molecule has 1 N–H and O–H groups in total. The number of halogens is 2. The lowest BCUT2D eigenvalue weighted by Gasteiger charge is -2.50. The Bertz CT molecular complexity index is 1550. The predicted molar refractivity (Wildman–Crippen MR) is 176 cm³/mol. The maximum atomic E-state index is 14.4. The summed E-state index contributed by atoms with van der Waals surface area (Å²) >= 11 is 12.9. The number of sulfone groups is 1. The highest BCUT2D eigenvalue weighted by molar-refractivity contribution is 7.92. The molecule has 2 heterocycles. The Labute approximate surface area is 271 Å². The minimum atomic E-state index is -3.86. The minimum absolute atomic E-state index is 0.0218. The van der Waals surface area contributed by atoms with Crippen LogP contribution in [0.5, 0.6) is 0 Å². The number of aliphatic hydroxyl groups is 1. The van der Waals surface area contributed by atoms with Crippen molar-refractivity contribution in [2.75, 3.05) is 39.8 Å². The van der Waals surface area contributed by atoms with Gasteiger partial charge in [0.1, 0.15) is 0 Å². The smallest absolute Gasteiger partial charge is 0.253 e. The topological polar surface area (TPSA) is 81.2 Å². The van der Waals surface area contributed by atoms with Crippen LogP contribution < -0.4 is 0 Å². The lowest BCUT2D eigenvalue weighted by atomic mass is 9.71. The zero-order valence-electron chi connectivity index (χ0n) is 25.3. The molecule has 2 aliphatic rings. The van der Waals surface area contributed by atoms with Crippen LogP contribution in [0.15, 0.2) is 83.8 Å². The number of amides is 1. The second-order valence-corrected chi connectivity index (χ2v) is 15.3. The number of aliphatic hydroxyl groups excluding tert-OH is 1. The van der Waals surface area contributed by atoms with E-state index in [9.17, 15) is 18.3 Å². The fourth-order valence-electron chi connectivity index (χ4n) is 6.79. The number of hydrogen-bond donors (Lipinski definition) is 1. The first-order valence-electron chi connectivity index (χ1n) is 15.2. The first kappa shape index (κ1) is 32.9. The molecule has 0 spiro atoms. The number of hydrogen-bond acceptors (Lipinski definition) is 6. The van der Waals surface area contributed by atoms with E-state index in [0.29, 0.717) is 67.6 Å². The molecule has 10 heteroatoms. The van der Waals surface area contributed by atoms with E-state index in [-0.39, 0.29) is 10.8 Å². The summed E-state index contributed by atoms with van der Waals surface area (Å²) in [6.07, 6.45) is 2.79. The minimum Gasteiger partial charge on any atom is -0.393 e. The molecule has 7 nitrogen and oxygen atoms in total. The van der Waals surface area contributed by atoms with Gasteiger partial charge in [-0.15, -0.1) is 0 Å². The first-order valence-corrected chi connectivity index (χ1v) is 17.5. The van der Waals surface area contributed by atoms with Gasteiger partial charge in [-0.3, -0.25) is 14.6 Å². The Morgan fingerprint density at radius 3 is 2.25 bits per heavy atom. The third-order valence-electron chi connectivity index (χ3n) is 9.66. The Morgan fingerprint density at radius 2 is 1.61 bits per heavy atom. The van der Waals surface area contributed by atoms with Crippen molar-refractivity contribution >= 4 is 38.9 Å². The molecule has 44 heavy (non-hydrogen) atoms. The first-order chi connectivity index (χ1) is 21.0. The molecule has 2 unspecified atom stereocenters. The van der Waals surface area contributed by atoms with Crippen molar-refractivity contribution in [2.45, 2.75) is 60.4 Å². The van der Waals surface area contributed by atoms with E-state index in [1.165, 1.54) is 0 Å². The van der Waals surface area contributed by atoms with E-state index < -0.39 is 26.4 Å². The Hall–Kier alpha value is -2.46. The zero-order valence-corrected chi connectivity index (χ0v) is 27.7. The van der Waals surface area contributed by atoms with Gasteiger partial charge >= 0.3 is 0 Å². The fraction of sp³-hybridized carbons (Fsp3) is 0.441. The van der Waals surface area contributed by atoms with Gasteiger partial charge in [0.25, 0.3) is 5.91 Å². The van der Waals surface area contributed by atoms with Crippen LogP contribution in [0.25, 0.3) is 0 Å². The molecule has 0 aliphatic carbocycles. The van der Waals surface area contributed by atoms with Gasteiger partial charge in [-0.05, 0) is 88.0 Å². The Kier molecular flexibility index (Phi) is 10.1. The van der Waals surface area contributed by atoms with Crippen molar-refractivity contribution < 1.29 is 18.3 Å². The monoisotopic (exact) mass is 657 g/mol. The molecular weight excluding hydrogens is 617 g/mol. The number of rotatable bonds is 9. The molecule has 0 aromatic heterocycles. The van der Waals surface area contributed by atoms with E-state index in [2.05, 4.69) is 0 Å². The molecule has 2 aliphatic heterocycles. The molecule has 1 amide bonds. The fourth-order valence-corrected chi connectivity index (χ4v) is 9.07. The van der Waals surface area contributed by atoms with Gasteiger partial charge in [0.2, 0.25) is 9.84 Å². The number of benzene rings is 3. The number of carbonyl (C=O) groups is 1. The standard InChI is InChI=1S/C34H41Cl2N3O4S/c1-33(39-21-16-28(40)17-22-39,44(42,43)29-12-7-4-8-13-29)37(2)23-19-34(27-14-15-30(35)31(36)24-27)18-9-20-38(25-34)32(41)26-10-5-3-6-11-26/h3-8,10-15,24,28,40H,9,16-23,25H2,1-2H3. The van der Waals surface area contributed by atoms with Crippen molar-refractivity contribution in [2.24, 2.45) is 0 Å². The molecule has 5 rings (SSSR count). The second-order valence-electron chi connectivity index (χ2n) is 12.2. The lowest BCUT2D eigenvalue weighted by Crippen LogP contribution is -2.64. The normalized spacial score (nSPS) is 21.7. The number of carbonyl (C=O) groups excluding carboxylic acids is 1. The molecule has 2 saturated heterocycles. The highest BCUT2D eigenvalue weighted by Gasteiger charge is 2.50. The van der Waals surface area contributed by atoms with Crippen LogP contribution in [0.3, 0.4) is 0 Å². The largest absolute Gasteiger partial charge is 0.393 e. The van der Waals surface area contributed by atoms with Crippen molar-refractivity contribution in [3.8, 4) is 0 Å². The van der Waals surface area contributed by atoms with Gasteiger partial charge < -0.3 is 10.0 Å². The molecule has 0 saturated carbocycles. The molecule has 0 bridgehead atoms. The Morgan fingerprint density at radius 1 is 0.977 bits per heavy atom. The van der Waals surface area contributed by atoms with Gasteiger partial charge in [0, 0.05) is 43.7 Å². The summed E-state index contributed by atoms with van der Waals surface area (Å²) in [5.74, 6) is -0.0218. The average Bonchev–Trinajstić information content (AvgIpc) is 3.05. The van der Waals surface area contributed by atoms with Gasteiger partial charge in [0.15, 0.2) is 4.99 Å². The van der Waals surface area contributed by atoms with Crippen molar-refractivity contribution in [3.63, 3.8) is 0 Å². The third kappa shape index (κ3) is 6.43. The van der Waals surface area contributed by atoms with Crippen LogP contribution in [0.4, 0.5) is 0 Å². The number of likely N-dealkylation sites (tertiary alicyclic amines) is 2. The Balaban J connectivity index is 1.49. The molecule has 236 valence electrons. The van der Waals surface area contributed by atoms with E-state index in [0.717, 1.165) is 18.4 Å². The summed E-state index contributed by atoms with van der Waals surface area (Å²) in [6, 6.07) is 23.6. The van der Waals surface area contributed by atoms with Crippen LogP contribution in [-0.4, -0.2) is 85.0 Å². The zero-order chi connectivity index (χ0) is 31.5. The molecule has 2 atom stereocenters. The summed E-state index contributed by atoms with van der Waals surface area (Å²) < 4.78 is 28.9. The van der Waals surface area contributed by atoms with E-state index in [1.807, 2.05) is 70.3 Å². The predicted octanol–water partition coefficient (Wildman–Crippen LogP) is 6.09. The van der Waals surface area contributed by atoms with Gasteiger partial charge in [-0.1, -0.05) is 65.7 Å². The summed E-state index contributed by atoms with van der Waals surface area (Å²) in [5, 5.41) is 11.1. The highest BCUT2D eigenvalue weighted by Crippen LogP contribution is 2.42. The van der Waals surface area contributed by atoms with E-state index >= 15 is 0 Å². The SMILES string of the molecule is CN(CCC1(c2ccc(Cl)c(Cl)c2)CCCN(C(=O)c2ccccc2)C1)C(C)(N1CCC(O)CC1)S(=O)(=O)c1ccccc1. The molecule has 0 radical (unpaired) electrons. The van der Waals surface area contributed by atoms with Gasteiger partial charge in [-0.25, -0.2) is 8.42 Å². The maximum absolute atomic E-state index is 14.4. The number of piperidine rings is 2. The maximum Gasteiger partial charge on any atom is 0.253 e. The summed E-state index contributed by atoms with van der Waals surface area (Å²) in [6.45, 7) is 4.27. The van der Waals surface area contributed by atoms with Gasteiger partial charge in [-0.2, -0.15) is 0 Å². The van der Waals surface area contributed by atoms with E-state index in [1.54, 1.807) is 37.3 Å². The highest BCUT2D eigenvalue weighted by atomic mass is 35.5. The second kappa shape index (κ2) is 13.5. The van der Waals surface area contributed by atoms with Crippen LogP contribution in [-0.2, 0) is 15.3 Å². The van der Waals surface area contributed by atoms with Crippen LogP contribution in [0.2, 0.25) is 10.0 Å². The summed E-state index contributed by atoms with van der Waals surface area (Å²) in [4.78, 5) is 18.4. The van der Waals surface area contributed by atoms with Crippen molar-refractivity contribution in [1.82, 2.24) is 14.7 Å². The number of nitrogens with zero attached hydrogens (tertiary/aromatic N) is 3. The lowest BCUT2D eigenvalue weighted by molar-refractivity contribution is -0.0141. The van der Waals surface area contributed by atoms with Crippen molar-refractivity contribution in [3.05, 3.63) is 100 Å². The van der Waals surface area contributed by atoms with Crippen molar-refractivity contribution in [1.29, 1.82) is 0 Å². The summed E-state index contributed by atoms with van der Waals surface area (Å²) in [7, 11) is -1.99. The molecule has 3 aromatic carbocycles. The average molecular weight is 659 g/mol. The van der Waals surface area contributed by atoms with Crippen LogP contribution >= 0.6 is 23.2 Å². The van der Waals surface area contributed by atoms with Crippen LogP contribution in [0, 0.1) is 0 Å². The molecular formula is C34H41Cl2N3O4S. The van der Waals surface area contributed by atoms with Crippen LogP contribution in [0.1, 0.15) is 54.9 Å². The van der Waals surface area contributed by atoms with Gasteiger partial charge in [0.05, 0.1) is 21.0 Å². The quantitative estimate of drug-likeness (QED) is 0.300.